The average Bonchev–Trinajstić information content (AvgIpc) is 2.71. The van der Waals surface area contributed by atoms with Crippen LogP contribution in [0.4, 0.5) is 0 Å². The first-order chi connectivity index (χ1) is 14.9. The molecule has 4 atom stereocenters. The van der Waals surface area contributed by atoms with E-state index in [9.17, 15) is 28.8 Å². The number of rotatable bonds is 16. The van der Waals surface area contributed by atoms with Crippen LogP contribution in [-0.4, -0.2) is 93.7 Å². The van der Waals surface area contributed by atoms with Crippen molar-refractivity contribution in [2.24, 2.45) is 11.5 Å². The molecule has 0 rings (SSSR count). The third kappa shape index (κ3) is 11.5. The highest BCUT2D eigenvalue weighted by molar-refractivity contribution is 7.98. The van der Waals surface area contributed by atoms with Crippen LogP contribution in [-0.2, 0) is 28.8 Å². The molecule has 10 N–H and O–H groups in total. The summed E-state index contributed by atoms with van der Waals surface area (Å²) < 4.78 is 0. The smallest absolute Gasteiger partial charge is 0.326 e. The fourth-order valence-electron chi connectivity index (χ4n) is 2.35. The lowest BCUT2D eigenvalue weighted by Gasteiger charge is -2.24. The summed E-state index contributed by atoms with van der Waals surface area (Å²) in [5.41, 5.74) is 10.4. The summed E-state index contributed by atoms with van der Waals surface area (Å²) in [5, 5.41) is 33.7. The van der Waals surface area contributed by atoms with Gasteiger partial charge in [0.15, 0.2) is 0 Å². The maximum absolute atomic E-state index is 12.7. The van der Waals surface area contributed by atoms with E-state index in [0.29, 0.717) is 5.75 Å². The van der Waals surface area contributed by atoms with Crippen molar-refractivity contribution >= 4 is 47.3 Å². The van der Waals surface area contributed by atoms with Gasteiger partial charge in [-0.25, -0.2) is 4.79 Å². The number of carboxylic acid groups (broad SMARTS) is 2. The number of carboxylic acids is 2. The molecule has 0 radical (unpaired) electrons. The Bertz CT molecular complexity index is 706. The normalized spacial score (nSPS) is 14.3. The molecule has 0 aliphatic carbocycles. The predicted octanol–water partition coefficient (Wildman–Crippen LogP) is -3.66. The van der Waals surface area contributed by atoms with E-state index in [0.717, 1.165) is 0 Å². The number of nitrogens with one attached hydrogen (secondary N) is 3. The number of carbonyl (C=O) groups excluding carboxylic acids is 4. The van der Waals surface area contributed by atoms with Crippen molar-refractivity contribution in [3.05, 3.63) is 0 Å². The Kier molecular flexibility index (Phi) is 13.6. The van der Waals surface area contributed by atoms with Gasteiger partial charge in [0, 0.05) is 6.42 Å². The Morgan fingerprint density at radius 3 is 1.81 bits per heavy atom. The molecule has 0 saturated heterocycles. The number of amides is 4. The third-order valence-corrected chi connectivity index (χ3v) is 4.72. The minimum atomic E-state index is -1.68. The summed E-state index contributed by atoms with van der Waals surface area (Å²) in [7, 11) is 0. The zero-order valence-electron chi connectivity index (χ0n) is 17.4. The van der Waals surface area contributed by atoms with E-state index in [-0.39, 0.29) is 6.42 Å². The molecule has 15 heteroatoms. The molecule has 0 bridgehead atoms. The number of thioether (sulfide) groups is 1. The summed E-state index contributed by atoms with van der Waals surface area (Å²) in [6.07, 6.45) is 0.234. The van der Waals surface area contributed by atoms with Gasteiger partial charge in [-0.05, 0) is 24.9 Å². The van der Waals surface area contributed by atoms with Crippen LogP contribution in [0.15, 0.2) is 0 Å². The number of hydrogen-bond donors (Lipinski definition) is 8. The highest BCUT2D eigenvalue weighted by Crippen LogP contribution is 2.05. The van der Waals surface area contributed by atoms with E-state index in [4.69, 9.17) is 26.8 Å². The van der Waals surface area contributed by atoms with Crippen molar-refractivity contribution in [3.8, 4) is 0 Å². The Hall–Kier alpha value is -2.91. The molecule has 0 spiro atoms. The molecule has 4 amide bonds. The van der Waals surface area contributed by atoms with Crippen LogP contribution in [0.3, 0.4) is 0 Å². The first-order valence-corrected chi connectivity index (χ1v) is 10.8. The van der Waals surface area contributed by atoms with Gasteiger partial charge in [-0.3, -0.25) is 24.0 Å². The summed E-state index contributed by atoms with van der Waals surface area (Å²) in [6.45, 7) is -0.664. The Labute approximate surface area is 187 Å². The van der Waals surface area contributed by atoms with Crippen molar-refractivity contribution in [2.45, 2.75) is 49.9 Å². The molecule has 0 aromatic heterocycles. The second kappa shape index (κ2) is 15.0. The molecule has 32 heavy (non-hydrogen) atoms. The fourth-order valence-corrected chi connectivity index (χ4v) is 2.82. The lowest BCUT2D eigenvalue weighted by molar-refractivity contribution is -0.144. The number of nitrogens with two attached hydrogens (primary N) is 2. The van der Waals surface area contributed by atoms with Gasteiger partial charge < -0.3 is 42.7 Å². The second-order valence-electron chi connectivity index (χ2n) is 6.70. The van der Waals surface area contributed by atoms with Gasteiger partial charge in [-0.2, -0.15) is 11.8 Å². The summed E-state index contributed by atoms with van der Waals surface area (Å²) in [6, 6.07) is -5.60. The third-order valence-electron chi connectivity index (χ3n) is 4.08. The van der Waals surface area contributed by atoms with Crippen LogP contribution < -0.4 is 27.4 Å². The predicted molar refractivity (Wildman–Crippen MR) is 112 cm³/mol. The minimum Gasteiger partial charge on any atom is -0.481 e. The van der Waals surface area contributed by atoms with Crippen molar-refractivity contribution < 1.29 is 44.1 Å². The first kappa shape index (κ1) is 29.1. The van der Waals surface area contributed by atoms with Gasteiger partial charge in [0.25, 0.3) is 0 Å². The number of carbonyl (C=O) groups is 6. The van der Waals surface area contributed by atoms with Gasteiger partial charge in [0.1, 0.15) is 24.2 Å². The topological polar surface area (TPSA) is 251 Å². The second-order valence-corrected chi connectivity index (χ2v) is 7.68. The Morgan fingerprint density at radius 2 is 1.38 bits per heavy atom. The highest BCUT2D eigenvalue weighted by Gasteiger charge is 2.31. The molecule has 0 fully saturated rings. The highest BCUT2D eigenvalue weighted by atomic mass is 32.2. The molecule has 182 valence electrons. The monoisotopic (exact) mass is 479 g/mol. The molecule has 0 aliphatic heterocycles. The van der Waals surface area contributed by atoms with Crippen molar-refractivity contribution in [1.29, 1.82) is 0 Å². The maximum atomic E-state index is 12.7. The van der Waals surface area contributed by atoms with Gasteiger partial charge in [-0.15, -0.1) is 0 Å². The quantitative estimate of drug-likeness (QED) is 0.107. The standard InChI is InChI=1S/C17H29N5O9S/c1-32-5-4-10(20-14(27)8(18)7-23)16(29)21-9(2-3-13(25)26)15(28)22-11(17(30)31)6-12(19)24/h8-11,23H,2-7,18H2,1H3,(H2,19,24)(H,20,27)(H,21,29)(H,22,28)(H,25,26)(H,30,31). The number of aliphatic carboxylic acids is 2. The molecular weight excluding hydrogens is 450 g/mol. The zero-order chi connectivity index (χ0) is 24.8. The lowest BCUT2D eigenvalue weighted by Crippen LogP contribution is -2.57. The molecule has 0 aliphatic rings. The average molecular weight is 480 g/mol. The van der Waals surface area contributed by atoms with Crippen molar-refractivity contribution in [2.75, 3.05) is 18.6 Å². The molecule has 14 nitrogen and oxygen atoms in total. The number of hydrogen-bond acceptors (Lipinski definition) is 9. The van der Waals surface area contributed by atoms with Crippen LogP contribution in [0.1, 0.15) is 25.7 Å². The lowest BCUT2D eigenvalue weighted by atomic mass is 10.1. The number of primary amides is 1. The van der Waals surface area contributed by atoms with E-state index < -0.39 is 85.6 Å². The van der Waals surface area contributed by atoms with Gasteiger partial charge in [0.2, 0.25) is 23.6 Å². The van der Waals surface area contributed by atoms with Crippen LogP contribution in [0.5, 0.6) is 0 Å². The van der Waals surface area contributed by atoms with Crippen LogP contribution >= 0.6 is 11.8 Å². The van der Waals surface area contributed by atoms with Crippen molar-refractivity contribution in [1.82, 2.24) is 16.0 Å². The molecular formula is C17H29N5O9S. The summed E-state index contributed by atoms with van der Waals surface area (Å²) in [4.78, 5) is 70.4. The van der Waals surface area contributed by atoms with E-state index in [1.165, 1.54) is 11.8 Å². The molecule has 0 aromatic carbocycles. The summed E-state index contributed by atoms with van der Waals surface area (Å²) in [5.74, 6) is -6.09. The maximum Gasteiger partial charge on any atom is 0.326 e. The zero-order valence-corrected chi connectivity index (χ0v) is 18.2. The van der Waals surface area contributed by atoms with Crippen LogP contribution in [0, 0.1) is 0 Å². The number of aliphatic hydroxyl groups is 1. The van der Waals surface area contributed by atoms with Crippen LogP contribution in [0.25, 0.3) is 0 Å². The number of aliphatic hydroxyl groups excluding tert-OH is 1. The fraction of sp³-hybridized carbons (Fsp3) is 0.647. The van der Waals surface area contributed by atoms with Crippen molar-refractivity contribution in [3.63, 3.8) is 0 Å². The van der Waals surface area contributed by atoms with Crippen LogP contribution in [0.2, 0.25) is 0 Å². The molecule has 0 aromatic rings. The minimum absolute atomic E-state index is 0.129. The first-order valence-electron chi connectivity index (χ1n) is 9.42. The SMILES string of the molecule is CSCCC(NC(=O)C(N)CO)C(=O)NC(CCC(=O)O)C(=O)NC(CC(N)=O)C(=O)O. The Balaban J connectivity index is 5.50. The van der Waals surface area contributed by atoms with Gasteiger partial charge in [0.05, 0.1) is 13.0 Å². The van der Waals surface area contributed by atoms with E-state index in [2.05, 4.69) is 10.6 Å². The van der Waals surface area contributed by atoms with Gasteiger partial charge in [-0.1, -0.05) is 0 Å². The van der Waals surface area contributed by atoms with Gasteiger partial charge >= 0.3 is 11.9 Å². The largest absolute Gasteiger partial charge is 0.481 e. The van der Waals surface area contributed by atoms with E-state index >= 15 is 0 Å². The van der Waals surface area contributed by atoms with E-state index in [1.54, 1.807) is 6.26 Å². The molecule has 0 saturated carbocycles. The Morgan fingerprint density at radius 1 is 0.875 bits per heavy atom. The molecule has 0 heterocycles. The van der Waals surface area contributed by atoms with E-state index in [1.807, 2.05) is 5.32 Å². The summed E-state index contributed by atoms with van der Waals surface area (Å²) >= 11 is 1.37. The molecule has 4 unspecified atom stereocenters.